The van der Waals surface area contributed by atoms with E-state index < -0.39 is 55.4 Å². The Hall–Kier alpha value is -2.86. The van der Waals surface area contributed by atoms with Gasteiger partial charge in [-0.15, -0.1) is 0 Å². The third-order valence-electron chi connectivity index (χ3n) is 9.83. The monoisotopic (exact) mass is 817 g/mol. The second-order valence-corrected chi connectivity index (χ2v) is 15.1. The maximum atomic E-state index is 12.7. The summed E-state index contributed by atoms with van der Waals surface area (Å²) in [6, 6.07) is 0. The first-order chi connectivity index (χ1) is 28.3. The fourth-order valence-electron chi connectivity index (χ4n) is 6.28. The Balaban J connectivity index is 2.39. The lowest BCUT2D eigenvalue weighted by molar-refractivity contribution is -0.305. The van der Waals surface area contributed by atoms with Crippen molar-refractivity contribution in [3.05, 3.63) is 72.9 Å². The number of unbranched alkanes of at least 4 members (excludes halogenated alkanes) is 13. The summed E-state index contributed by atoms with van der Waals surface area (Å²) < 4.78 is 22.1. The van der Waals surface area contributed by atoms with Gasteiger partial charge in [-0.05, 0) is 77.0 Å². The molecule has 0 aliphatic carbocycles. The van der Waals surface area contributed by atoms with Gasteiger partial charge in [0.25, 0.3) is 0 Å². The SMILES string of the molecule is CC/C=C\C/C=C\C/C=C\C/C=C\C/C=C\CCCC(=O)OC(COC(=O)CCCCCCC/C=C\CCCCCCCCC)COC1OC(CO)C(O)C(O)C1O. The highest BCUT2D eigenvalue weighted by atomic mass is 16.7. The smallest absolute Gasteiger partial charge is 0.306 e. The summed E-state index contributed by atoms with van der Waals surface area (Å²) in [5.74, 6) is -0.890. The topological polar surface area (TPSA) is 152 Å². The Bertz CT molecular complexity index is 1170. The highest BCUT2D eigenvalue weighted by Crippen LogP contribution is 2.22. The van der Waals surface area contributed by atoms with Crippen LogP contribution in [0.15, 0.2) is 72.9 Å². The standard InChI is InChI=1S/C48H80O10/c1-3-5-7-9-11-13-15-17-19-21-23-25-27-29-31-33-35-37-44(51)57-41(40-56-48-47(54)46(53)45(52)42(38-49)58-48)39-55-43(50)36-34-32-30-28-26-24-22-20-18-16-14-12-10-8-6-4-2/h5,7,11,13,17,19-20,22-23,25,29,31,41-42,45-49,52-54H,3-4,6,8-10,12,14-16,18,21,24,26-28,30,32-40H2,1-2H3/b7-5-,13-11-,19-17-,22-20-,25-23-,31-29-. The molecule has 332 valence electrons. The number of rotatable bonds is 36. The zero-order valence-electron chi connectivity index (χ0n) is 36.0. The highest BCUT2D eigenvalue weighted by molar-refractivity contribution is 5.70. The van der Waals surface area contributed by atoms with E-state index in [0.717, 1.165) is 64.2 Å². The van der Waals surface area contributed by atoms with Crippen molar-refractivity contribution in [3.63, 3.8) is 0 Å². The third kappa shape index (κ3) is 29.4. The lowest BCUT2D eigenvalue weighted by Gasteiger charge is -2.39. The second-order valence-electron chi connectivity index (χ2n) is 15.1. The average Bonchev–Trinajstić information content (AvgIpc) is 3.22. The Kier molecular flexibility index (Phi) is 35.1. The summed E-state index contributed by atoms with van der Waals surface area (Å²) in [6.07, 6.45) is 40.5. The molecule has 6 unspecified atom stereocenters. The van der Waals surface area contributed by atoms with E-state index in [0.29, 0.717) is 19.3 Å². The zero-order valence-corrected chi connectivity index (χ0v) is 36.0. The molecule has 1 fully saturated rings. The van der Waals surface area contributed by atoms with Crippen LogP contribution in [0.3, 0.4) is 0 Å². The van der Waals surface area contributed by atoms with Gasteiger partial charge >= 0.3 is 11.9 Å². The van der Waals surface area contributed by atoms with E-state index >= 15 is 0 Å². The van der Waals surface area contributed by atoms with Crippen molar-refractivity contribution in [2.24, 2.45) is 0 Å². The van der Waals surface area contributed by atoms with Crippen molar-refractivity contribution in [2.75, 3.05) is 19.8 Å². The summed E-state index contributed by atoms with van der Waals surface area (Å²) in [7, 11) is 0. The van der Waals surface area contributed by atoms with Crippen LogP contribution >= 0.6 is 0 Å². The fourth-order valence-corrected chi connectivity index (χ4v) is 6.28. The molecule has 4 N–H and O–H groups in total. The normalized spacial score (nSPS) is 20.8. The molecule has 58 heavy (non-hydrogen) atoms. The minimum Gasteiger partial charge on any atom is -0.462 e. The van der Waals surface area contributed by atoms with Crippen LogP contribution in [-0.2, 0) is 28.5 Å². The van der Waals surface area contributed by atoms with Gasteiger partial charge in [0.15, 0.2) is 12.4 Å². The molecular formula is C48H80O10. The molecule has 10 heteroatoms. The Labute approximate surface area is 351 Å². The van der Waals surface area contributed by atoms with Gasteiger partial charge in [0, 0.05) is 12.8 Å². The largest absolute Gasteiger partial charge is 0.462 e. The molecule has 1 heterocycles. The van der Waals surface area contributed by atoms with Crippen molar-refractivity contribution >= 4 is 11.9 Å². The van der Waals surface area contributed by atoms with Gasteiger partial charge in [-0.2, -0.15) is 0 Å². The number of ether oxygens (including phenoxy) is 4. The number of esters is 2. The number of carbonyl (C=O) groups is 2. The first kappa shape index (κ1) is 53.2. The van der Waals surface area contributed by atoms with Crippen LogP contribution in [0.1, 0.15) is 162 Å². The van der Waals surface area contributed by atoms with E-state index in [9.17, 15) is 30.0 Å². The molecule has 1 rings (SSSR count). The Morgan fingerprint density at radius 3 is 1.60 bits per heavy atom. The van der Waals surface area contributed by atoms with E-state index in [1.807, 2.05) is 6.08 Å². The molecule has 0 spiro atoms. The van der Waals surface area contributed by atoms with Crippen LogP contribution in [0, 0.1) is 0 Å². The lowest BCUT2D eigenvalue weighted by atomic mass is 9.99. The average molecular weight is 817 g/mol. The predicted octanol–water partition coefficient (Wildman–Crippen LogP) is 9.61. The maximum Gasteiger partial charge on any atom is 0.306 e. The van der Waals surface area contributed by atoms with Crippen LogP contribution in [0.25, 0.3) is 0 Å². The van der Waals surface area contributed by atoms with Gasteiger partial charge in [-0.25, -0.2) is 0 Å². The van der Waals surface area contributed by atoms with Crippen molar-refractivity contribution in [2.45, 2.75) is 198 Å². The van der Waals surface area contributed by atoms with Gasteiger partial charge in [0.1, 0.15) is 31.0 Å². The zero-order chi connectivity index (χ0) is 42.3. The molecule has 0 aromatic carbocycles. The third-order valence-corrected chi connectivity index (χ3v) is 9.83. The van der Waals surface area contributed by atoms with Crippen LogP contribution < -0.4 is 0 Å². The van der Waals surface area contributed by atoms with Gasteiger partial charge in [-0.3, -0.25) is 9.59 Å². The van der Waals surface area contributed by atoms with Crippen LogP contribution in [-0.4, -0.2) is 89.0 Å². The van der Waals surface area contributed by atoms with Gasteiger partial charge in [-0.1, -0.05) is 145 Å². The maximum absolute atomic E-state index is 12.7. The summed E-state index contributed by atoms with van der Waals surface area (Å²) in [5, 5.41) is 40.1. The number of hydrogen-bond donors (Lipinski definition) is 4. The quantitative estimate of drug-likeness (QED) is 0.0273. The Morgan fingerprint density at radius 1 is 0.552 bits per heavy atom. The summed E-state index contributed by atoms with van der Waals surface area (Å²) in [6.45, 7) is 3.23. The fraction of sp³-hybridized carbons (Fsp3) is 0.708. The Morgan fingerprint density at radius 2 is 1.03 bits per heavy atom. The van der Waals surface area contributed by atoms with E-state index in [-0.39, 0.29) is 26.1 Å². The number of aliphatic hydroxyl groups excluding tert-OH is 4. The van der Waals surface area contributed by atoms with Crippen molar-refractivity contribution in [1.29, 1.82) is 0 Å². The number of hydrogen-bond acceptors (Lipinski definition) is 10. The van der Waals surface area contributed by atoms with Gasteiger partial charge < -0.3 is 39.4 Å². The molecule has 6 atom stereocenters. The van der Waals surface area contributed by atoms with Crippen molar-refractivity contribution in [1.82, 2.24) is 0 Å². The van der Waals surface area contributed by atoms with Crippen LogP contribution in [0.4, 0.5) is 0 Å². The summed E-state index contributed by atoms with van der Waals surface area (Å²) >= 11 is 0. The second kappa shape index (κ2) is 38.3. The predicted molar refractivity (Wildman–Crippen MR) is 233 cm³/mol. The summed E-state index contributed by atoms with van der Waals surface area (Å²) in [5.41, 5.74) is 0. The summed E-state index contributed by atoms with van der Waals surface area (Å²) in [4.78, 5) is 25.3. The molecule has 0 aromatic heterocycles. The number of carbonyl (C=O) groups excluding carboxylic acids is 2. The van der Waals surface area contributed by atoms with E-state index in [1.54, 1.807) is 0 Å². The van der Waals surface area contributed by atoms with Gasteiger partial charge in [0.05, 0.1) is 13.2 Å². The minimum absolute atomic E-state index is 0.147. The molecule has 0 saturated carbocycles. The van der Waals surface area contributed by atoms with Crippen molar-refractivity contribution < 1.29 is 49.0 Å². The number of aliphatic hydroxyl groups is 4. The first-order valence-corrected chi connectivity index (χ1v) is 22.5. The molecular weight excluding hydrogens is 737 g/mol. The van der Waals surface area contributed by atoms with E-state index in [4.69, 9.17) is 18.9 Å². The van der Waals surface area contributed by atoms with Gasteiger partial charge in [0.2, 0.25) is 0 Å². The molecule has 0 amide bonds. The lowest BCUT2D eigenvalue weighted by Crippen LogP contribution is -2.59. The first-order valence-electron chi connectivity index (χ1n) is 22.5. The van der Waals surface area contributed by atoms with Crippen LogP contribution in [0.2, 0.25) is 0 Å². The van der Waals surface area contributed by atoms with E-state index in [2.05, 4.69) is 80.7 Å². The van der Waals surface area contributed by atoms with Crippen LogP contribution in [0.5, 0.6) is 0 Å². The minimum atomic E-state index is -1.61. The molecule has 1 saturated heterocycles. The molecule has 1 aliphatic rings. The molecule has 1 aliphatic heterocycles. The molecule has 0 bridgehead atoms. The molecule has 10 nitrogen and oxygen atoms in total. The van der Waals surface area contributed by atoms with E-state index in [1.165, 1.54) is 51.4 Å². The van der Waals surface area contributed by atoms with Crippen molar-refractivity contribution in [3.8, 4) is 0 Å². The highest BCUT2D eigenvalue weighted by Gasteiger charge is 2.44. The number of allylic oxidation sites excluding steroid dienone is 12. The molecule has 0 aromatic rings. The molecule has 0 radical (unpaired) electrons.